The Bertz CT molecular complexity index is 341. The summed E-state index contributed by atoms with van der Waals surface area (Å²) in [6, 6.07) is 0. The van der Waals surface area contributed by atoms with E-state index in [2.05, 4.69) is 0 Å². The second-order valence-electron chi connectivity index (χ2n) is 5.93. The van der Waals surface area contributed by atoms with Crippen LogP contribution in [0.1, 0.15) is 27.7 Å². The Hall–Kier alpha value is -0.240. The molecule has 6 heteroatoms. The summed E-state index contributed by atoms with van der Waals surface area (Å²) in [5, 5.41) is 10.3. The summed E-state index contributed by atoms with van der Waals surface area (Å²) in [7, 11) is 0. The summed E-state index contributed by atoms with van der Waals surface area (Å²) in [5.41, 5.74) is 0. The van der Waals surface area contributed by atoms with E-state index in [1.165, 1.54) is 0 Å². The molecule has 3 fully saturated rings. The summed E-state index contributed by atoms with van der Waals surface area (Å²) >= 11 is 0. The van der Waals surface area contributed by atoms with Crippen LogP contribution in [0.25, 0.3) is 0 Å². The van der Waals surface area contributed by atoms with Gasteiger partial charge in [-0.15, -0.1) is 0 Å². The molecule has 0 spiro atoms. The molecule has 3 rings (SSSR count). The lowest BCUT2D eigenvalue weighted by atomic mass is 10.1. The van der Waals surface area contributed by atoms with Gasteiger partial charge < -0.3 is 28.8 Å². The zero-order chi connectivity index (χ0) is 13.1. The van der Waals surface area contributed by atoms with Crippen LogP contribution in [0.4, 0.5) is 0 Å². The quantitative estimate of drug-likeness (QED) is 0.735. The molecule has 6 nitrogen and oxygen atoms in total. The zero-order valence-corrected chi connectivity index (χ0v) is 11.1. The average Bonchev–Trinajstić information content (AvgIpc) is 2.81. The van der Waals surface area contributed by atoms with Crippen LogP contribution >= 0.6 is 0 Å². The second kappa shape index (κ2) is 3.88. The van der Waals surface area contributed by atoms with Crippen molar-refractivity contribution in [2.75, 3.05) is 6.61 Å². The summed E-state index contributed by atoms with van der Waals surface area (Å²) in [6.07, 6.45) is -2.53. The molecule has 0 amide bonds. The largest absolute Gasteiger partial charge is 0.387 e. The standard InChI is InChI=1S/C12H20O6/c1-11(2)14-5-6(16-11)8-7(13)9-10(15-8)18-12(3,4)17-9/h6-10,13H,5H2,1-4H3/t6?,7?,8-,9-,10-/m0/s1. The molecule has 0 aromatic carbocycles. The van der Waals surface area contributed by atoms with Crippen LogP contribution in [0.5, 0.6) is 0 Å². The predicted molar refractivity (Wildman–Crippen MR) is 59.6 cm³/mol. The molecular formula is C12H20O6. The van der Waals surface area contributed by atoms with E-state index in [1.54, 1.807) is 13.8 Å². The molecule has 0 saturated carbocycles. The van der Waals surface area contributed by atoms with Crippen molar-refractivity contribution in [2.24, 2.45) is 0 Å². The minimum absolute atomic E-state index is 0.295. The van der Waals surface area contributed by atoms with Gasteiger partial charge in [-0.25, -0.2) is 0 Å². The molecule has 3 aliphatic heterocycles. The van der Waals surface area contributed by atoms with Crippen LogP contribution in [0.3, 0.4) is 0 Å². The first-order chi connectivity index (χ1) is 8.27. The van der Waals surface area contributed by atoms with Gasteiger partial charge in [0.25, 0.3) is 0 Å². The van der Waals surface area contributed by atoms with Gasteiger partial charge in [0.15, 0.2) is 17.9 Å². The molecule has 18 heavy (non-hydrogen) atoms. The Morgan fingerprint density at radius 3 is 2.22 bits per heavy atom. The Balaban J connectivity index is 1.68. The fourth-order valence-corrected chi connectivity index (χ4v) is 2.70. The molecule has 0 aliphatic carbocycles. The first kappa shape index (κ1) is 12.8. The minimum atomic E-state index is -0.765. The van der Waals surface area contributed by atoms with E-state index in [-0.39, 0.29) is 6.10 Å². The molecule has 3 aliphatic rings. The molecule has 3 saturated heterocycles. The highest BCUT2D eigenvalue weighted by Crippen LogP contribution is 2.40. The molecule has 0 bridgehead atoms. The molecule has 0 radical (unpaired) electrons. The van der Waals surface area contributed by atoms with Crippen molar-refractivity contribution < 1.29 is 28.8 Å². The van der Waals surface area contributed by atoms with Gasteiger partial charge in [-0.1, -0.05) is 0 Å². The van der Waals surface area contributed by atoms with Crippen LogP contribution in [-0.4, -0.2) is 54.0 Å². The van der Waals surface area contributed by atoms with Crippen molar-refractivity contribution in [1.82, 2.24) is 0 Å². The van der Waals surface area contributed by atoms with E-state index < -0.39 is 36.2 Å². The van der Waals surface area contributed by atoms with Gasteiger partial charge >= 0.3 is 0 Å². The molecule has 104 valence electrons. The van der Waals surface area contributed by atoms with Crippen LogP contribution in [-0.2, 0) is 23.7 Å². The highest BCUT2D eigenvalue weighted by atomic mass is 16.8. The number of hydrogen-bond donors (Lipinski definition) is 1. The van der Waals surface area contributed by atoms with E-state index in [1.807, 2.05) is 13.8 Å². The smallest absolute Gasteiger partial charge is 0.190 e. The number of ether oxygens (including phenoxy) is 5. The highest BCUT2D eigenvalue weighted by molar-refractivity contribution is 4.97. The maximum absolute atomic E-state index is 10.3. The fraction of sp³-hybridized carbons (Fsp3) is 1.00. The van der Waals surface area contributed by atoms with E-state index in [9.17, 15) is 5.11 Å². The minimum Gasteiger partial charge on any atom is -0.387 e. The lowest BCUT2D eigenvalue weighted by molar-refractivity contribution is -0.232. The van der Waals surface area contributed by atoms with Crippen LogP contribution in [0.15, 0.2) is 0 Å². The number of aliphatic hydroxyl groups is 1. The molecular weight excluding hydrogens is 240 g/mol. The Morgan fingerprint density at radius 2 is 1.67 bits per heavy atom. The van der Waals surface area contributed by atoms with Gasteiger partial charge in [-0.3, -0.25) is 0 Å². The average molecular weight is 260 g/mol. The molecule has 3 heterocycles. The molecule has 5 atom stereocenters. The maximum Gasteiger partial charge on any atom is 0.190 e. The predicted octanol–water partition coefficient (Wildman–Crippen LogP) is 0.375. The van der Waals surface area contributed by atoms with Gasteiger partial charge in [-0.05, 0) is 27.7 Å². The Kier molecular flexibility index (Phi) is 2.75. The normalized spacial score (nSPS) is 49.5. The summed E-state index contributed by atoms with van der Waals surface area (Å²) in [5.74, 6) is -1.35. The highest BCUT2D eigenvalue weighted by Gasteiger charge is 2.57. The third-order valence-electron chi connectivity index (χ3n) is 3.45. The monoisotopic (exact) mass is 260 g/mol. The van der Waals surface area contributed by atoms with Crippen LogP contribution in [0, 0.1) is 0 Å². The third kappa shape index (κ3) is 2.07. The van der Waals surface area contributed by atoms with Crippen LogP contribution in [0.2, 0.25) is 0 Å². The van der Waals surface area contributed by atoms with Gasteiger partial charge in [-0.2, -0.15) is 0 Å². The molecule has 0 aromatic rings. The number of fused-ring (bicyclic) bond motifs is 1. The van der Waals surface area contributed by atoms with Gasteiger partial charge in [0.05, 0.1) is 6.61 Å². The number of aliphatic hydroxyl groups excluding tert-OH is 1. The van der Waals surface area contributed by atoms with Crippen molar-refractivity contribution in [3.63, 3.8) is 0 Å². The van der Waals surface area contributed by atoms with Gasteiger partial charge in [0.2, 0.25) is 0 Å². The van der Waals surface area contributed by atoms with E-state index in [0.29, 0.717) is 6.61 Å². The van der Waals surface area contributed by atoms with E-state index in [4.69, 9.17) is 23.7 Å². The molecule has 1 N–H and O–H groups in total. The summed E-state index contributed by atoms with van der Waals surface area (Å²) in [4.78, 5) is 0. The van der Waals surface area contributed by atoms with Crippen molar-refractivity contribution in [2.45, 2.75) is 70.0 Å². The molecule has 2 unspecified atom stereocenters. The first-order valence-corrected chi connectivity index (χ1v) is 6.28. The van der Waals surface area contributed by atoms with E-state index in [0.717, 1.165) is 0 Å². The summed E-state index contributed by atoms with van der Waals surface area (Å²) < 4.78 is 28.1. The zero-order valence-electron chi connectivity index (χ0n) is 11.1. The van der Waals surface area contributed by atoms with E-state index >= 15 is 0 Å². The second-order valence-corrected chi connectivity index (χ2v) is 5.93. The van der Waals surface area contributed by atoms with Crippen molar-refractivity contribution in [3.05, 3.63) is 0 Å². The fourth-order valence-electron chi connectivity index (χ4n) is 2.70. The summed E-state index contributed by atoms with van der Waals surface area (Å²) in [6.45, 7) is 7.68. The van der Waals surface area contributed by atoms with Crippen molar-refractivity contribution >= 4 is 0 Å². The Labute approximate surface area is 106 Å². The SMILES string of the molecule is CC1(C)OCC([C@@H]2O[C@H]3OC(C)(C)O[C@H]3C2O)O1. The topological polar surface area (TPSA) is 66.4 Å². The van der Waals surface area contributed by atoms with Gasteiger partial charge in [0.1, 0.15) is 24.4 Å². The Morgan fingerprint density at radius 1 is 0.944 bits per heavy atom. The van der Waals surface area contributed by atoms with Crippen molar-refractivity contribution in [3.8, 4) is 0 Å². The van der Waals surface area contributed by atoms with Crippen LogP contribution < -0.4 is 0 Å². The number of hydrogen-bond acceptors (Lipinski definition) is 6. The van der Waals surface area contributed by atoms with Gasteiger partial charge in [0, 0.05) is 0 Å². The lowest BCUT2D eigenvalue weighted by Gasteiger charge is -2.26. The molecule has 0 aromatic heterocycles. The lowest BCUT2D eigenvalue weighted by Crippen LogP contribution is -2.42. The third-order valence-corrected chi connectivity index (χ3v) is 3.45. The maximum atomic E-state index is 10.3. The number of rotatable bonds is 1. The first-order valence-electron chi connectivity index (χ1n) is 6.28. The van der Waals surface area contributed by atoms with Crippen molar-refractivity contribution in [1.29, 1.82) is 0 Å².